The zero-order chi connectivity index (χ0) is 16.1. The zero-order valence-electron chi connectivity index (χ0n) is 12.9. The van der Waals surface area contributed by atoms with Crippen LogP contribution in [-0.2, 0) is 6.42 Å². The Morgan fingerprint density at radius 2 is 1.35 bits per heavy atom. The number of aryl methyl sites for hydroxylation is 1. The average Bonchev–Trinajstić information content (AvgIpc) is 2.61. The highest BCUT2D eigenvalue weighted by atomic mass is 19.1. The van der Waals surface area contributed by atoms with Crippen molar-refractivity contribution < 1.29 is 4.39 Å². The third-order valence-electron chi connectivity index (χ3n) is 3.54. The van der Waals surface area contributed by atoms with Crippen molar-refractivity contribution >= 4 is 0 Å². The minimum absolute atomic E-state index is 0.276. The van der Waals surface area contributed by atoms with Gasteiger partial charge in [-0.2, -0.15) is 0 Å². The first-order valence-corrected chi connectivity index (χ1v) is 7.65. The highest BCUT2D eigenvalue weighted by molar-refractivity contribution is 5.58. The Morgan fingerprint density at radius 3 is 1.96 bits per heavy atom. The van der Waals surface area contributed by atoms with Crippen LogP contribution in [0.1, 0.15) is 25.3 Å². The quantitative estimate of drug-likeness (QED) is 0.712. The van der Waals surface area contributed by atoms with Crippen molar-refractivity contribution in [3.8, 4) is 22.8 Å². The van der Waals surface area contributed by atoms with E-state index in [1.165, 1.54) is 12.1 Å². The molecule has 0 fully saturated rings. The van der Waals surface area contributed by atoms with Crippen molar-refractivity contribution in [3.05, 3.63) is 60.4 Å². The fraction of sp³-hybridized carbons (Fsp3) is 0.222. The Hall–Kier alpha value is -2.69. The molecule has 0 atom stereocenters. The molecule has 1 aromatic carbocycles. The maximum absolute atomic E-state index is 12.9. The molecule has 0 aliphatic carbocycles. The number of rotatable bonds is 5. The van der Waals surface area contributed by atoms with E-state index in [0.717, 1.165) is 36.0 Å². The van der Waals surface area contributed by atoms with Crippen molar-refractivity contribution in [2.75, 3.05) is 0 Å². The van der Waals surface area contributed by atoms with Crippen LogP contribution in [-0.4, -0.2) is 19.9 Å². The molecular formula is C18H17FN4. The van der Waals surface area contributed by atoms with Gasteiger partial charge in [0.25, 0.3) is 0 Å². The molecule has 3 rings (SSSR count). The summed E-state index contributed by atoms with van der Waals surface area (Å²) in [4.78, 5) is 17.4. The summed E-state index contributed by atoms with van der Waals surface area (Å²) in [7, 11) is 0. The summed E-state index contributed by atoms with van der Waals surface area (Å²) in [5.41, 5.74) is 2.67. The first kappa shape index (κ1) is 15.2. The molecule has 0 aliphatic rings. The first-order valence-electron chi connectivity index (χ1n) is 7.65. The van der Waals surface area contributed by atoms with Crippen LogP contribution in [0.15, 0.2) is 49.1 Å². The summed E-state index contributed by atoms with van der Waals surface area (Å²) < 4.78 is 12.9. The van der Waals surface area contributed by atoms with E-state index in [1.54, 1.807) is 24.5 Å². The molecule has 4 nitrogen and oxygen atoms in total. The molecule has 0 amide bonds. The molecule has 0 radical (unpaired) electrons. The lowest BCUT2D eigenvalue weighted by atomic mass is 10.1. The van der Waals surface area contributed by atoms with Crippen molar-refractivity contribution in [1.82, 2.24) is 19.9 Å². The summed E-state index contributed by atoms with van der Waals surface area (Å²) in [6.07, 6.45) is 10.4. The van der Waals surface area contributed by atoms with Crippen LogP contribution in [0.4, 0.5) is 4.39 Å². The molecule has 0 saturated heterocycles. The Balaban J connectivity index is 1.77. The molecular weight excluding hydrogens is 291 g/mol. The lowest BCUT2D eigenvalue weighted by molar-refractivity contribution is 0.628. The fourth-order valence-electron chi connectivity index (χ4n) is 2.21. The van der Waals surface area contributed by atoms with Crippen LogP contribution >= 0.6 is 0 Å². The number of nitrogens with zero attached hydrogens (tertiary/aromatic N) is 4. The van der Waals surface area contributed by atoms with E-state index in [-0.39, 0.29) is 5.82 Å². The highest BCUT2D eigenvalue weighted by Crippen LogP contribution is 2.18. The fourth-order valence-corrected chi connectivity index (χ4v) is 2.21. The molecule has 2 heterocycles. The standard InChI is InChI=1S/C18H17FN4/c1-2-3-4-13-9-20-18(21-10-13)15-11-22-17(23-12-15)14-5-7-16(19)8-6-14/h5-12H,2-4H2,1H3. The number of unbranched alkanes of at least 4 members (excludes halogenated alkanes) is 1. The van der Waals surface area contributed by atoms with Gasteiger partial charge in [0, 0.05) is 30.4 Å². The Morgan fingerprint density at radius 1 is 0.783 bits per heavy atom. The van der Waals surface area contributed by atoms with Gasteiger partial charge in [0.15, 0.2) is 11.6 Å². The van der Waals surface area contributed by atoms with Gasteiger partial charge >= 0.3 is 0 Å². The van der Waals surface area contributed by atoms with Crippen LogP contribution in [0.2, 0.25) is 0 Å². The Bertz CT molecular complexity index is 753. The second kappa shape index (κ2) is 7.05. The molecule has 0 bridgehead atoms. The molecule has 0 N–H and O–H groups in total. The van der Waals surface area contributed by atoms with Crippen LogP contribution in [0.5, 0.6) is 0 Å². The van der Waals surface area contributed by atoms with Crippen LogP contribution in [0.3, 0.4) is 0 Å². The molecule has 5 heteroatoms. The number of halogens is 1. The lowest BCUT2D eigenvalue weighted by Gasteiger charge is -2.03. The Labute approximate surface area is 134 Å². The topological polar surface area (TPSA) is 51.6 Å². The number of hydrogen-bond acceptors (Lipinski definition) is 4. The normalized spacial score (nSPS) is 10.7. The third kappa shape index (κ3) is 3.74. The smallest absolute Gasteiger partial charge is 0.162 e. The highest BCUT2D eigenvalue weighted by Gasteiger charge is 2.05. The van der Waals surface area contributed by atoms with Crippen molar-refractivity contribution in [1.29, 1.82) is 0 Å². The van der Waals surface area contributed by atoms with E-state index in [2.05, 4.69) is 26.9 Å². The van der Waals surface area contributed by atoms with Gasteiger partial charge in [0.1, 0.15) is 5.82 Å². The molecule has 0 saturated carbocycles. The predicted molar refractivity (Wildman–Crippen MR) is 87.1 cm³/mol. The second-order valence-electron chi connectivity index (χ2n) is 5.32. The lowest BCUT2D eigenvalue weighted by Crippen LogP contribution is -1.95. The van der Waals surface area contributed by atoms with Crippen LogP contribution in [0.25, 0.3) is 22.8 Å². The minimum Gasteiger partial charge on any atom is -0.236 e. The van der Waals surface area contributed by atoms with Gasteiger partial charge in [0.05, 0.1) is 5.56 Å². The molecule has 0 unspecified atom stereocenters. The predicted octanol–water partition coefficient (Wildman–Crippen LogP) is 4.08. The van der Waals surface area contributed by atoms with E-state index in [9.17, 15) is 4.39 Å². The van der Waals surface area contributed by atoms with E-state index in [0.29, 0.717) is 11.6 Å². The molecule has 3 aromatic rings. The van der Waals surface area contributed by atoms with E-state index < -0.39 is 0 Å². The summed E-state index contributed by atoms with van der Waals surface area (Å²) in [6, 6.07) is 6.10. The summed E-state index contributed by atoms with van der Waals surface area (Å²) >= 11 is 0. The number of hydrogen-bond donors (Lipinski definition) is 0. The van der Waals surface area contributed by atoms with Crippen molar-refractivity contribution in [2.24, 2.45) is 0 Å². The van der Waals surface area contributed by atoms with Gasteiger partial charge in [0.2, 0.25) is 0 Å². The van der Waals surface area contributed by atoms with Crippen LogP contribution in [0, 0.1) is 5.82 Å². The Kier molecular flexibility index (Phi) is 4.66. The summed E-state index contributed by atoms with van der Waals surface area (Å²) in [5, 5.41) is 0. The van der Waals surface area contributed by atoms with Gasteiger partial charge in [-0.1, -0.05) is 13.3 Å². The zero-order valence-corrected chi connectivity index (χ0v) is 12.9. The van der Waals surface area contributed by atoms with Crippen LogP contribution < -0.4 is 0 Å². The van der Waals surface area contributed by atoms with Gasteiger partial charge in [-0.05, 0) is 42.7 Å². The maximum atomic E-state index is 12.9. The van der Waals surface area contributed by atoms with Crippen molar-refractivity contribution in [3.63, 3.8) is 0 Å². The first-order chi connectivity index (χ1) is 11.3. The average molecular weight is 308 g/mol. The largest absolute Gasteiger partial charge is 0.236 e. The van der Waals surface area contributed by atoms with Crippen molar-refractivity contribution in [2.45, 2.75) is 26.2 Å². The van der Waals surface area contributed by atoms with E-state index >= 15 is 0 Å². The van der Waals surface area contributed by atoms with Gasteiger partial charge in [-0.15, -0.1) is 0 Å². The molecule has 116 valence electrons. The molecule has 23 heavy (non-hydrogen) atoms. The van der Waals surface area contributed by atoms with Gasteiger partial charge in [-0.25, -0.2) is 24.3 Å². The minimum atomic E-state index is -0.276. The SMILES string of the molecule is CCCCc1cnc(-c2cnc(-c3ccc(F)cc3)nc2)nc1. The summed E-state index contributed by atoms with van der Waals surface area (Å²) in [6.45, 7) is 2.16. The van der Waals surface area contributed by atoms with E-state index in [1.807, 2.05) is 12.4 Å². The number of aromatic nitrogens is 4. The van der Waals surface area contributed by atoms with E-state index in [4.69, 9.17) is 0 Å². The third-order valence-corrected chi connectivity index (χ3v) is 3.54. The molecule has 0 spiro atoms. The van der Waals surface area contributed by atoms with Gasteiger partial charge < -0.3 is 0 Å². The van der Waals surface area contributed by atoms with Gasteiger partial charge in [-0.3, -0.25) is 0 Å². The summed E-state index contributed by atoms with van der Waals surface area (Å²) in [5.74, 6) is 0.881. The molecule has 0 aliphatic heterocycles. The molecule has 2 aromatic heterocycles. The monoisotopic (exact) mass is 308 g/mol. The maximum Gasteiger partial charge on any atom is 0.162 e. The number of benzene rings is 1. The second-order valence-corrected chi connectivity index (χ2v) is 5.32.